The molecular formula is C13H15ClN4O2. The summed E-state index contributed by atoms with van der Waals surface area (Å²) in [6.45, 7) is 0.213. The van der Waals surface area contributed by atoms with Crippen LogP contribution < -0.4 is 10.5 Å². The Morgan fingerprint density at radius 3 is 2.95 bits per heavy atom. The van der Waals surface area contributed by atoms with Gasteiger partial charge in [0.1, 0.15) is 12.4 Å². The number of nitrogens with two attached hydrogens (primary N) is 1. The number of benzene rings is 1. The second kappa shape index (κ2) is 6.29. The van der Waals surface area contributed by atoms with E-state index in [-0.39, 0.29) is 12.4 Å². The summed E-state index contributed by atoms with van der Waals surface area (Å²) in [6.07, 6.45) is 3.37. The Hall–Kier alpha value is -2.21. The van der Waals surface area contributed by atoms with Crippen LogP contribution in [0.4, 0.5) is 0 Å². The molecule has 6 nitrogen and oxygen atoms in total. The van der Waals surface area contributed by atoms with Crippen molar-refractivity contribution in [3.63, 3.8) is 0 Å². The fourth-order valence-corrected chi connectivity index (χ4v) is 1.83. The summed E-state index contributed by atoms with van der Waals surface area (Å²) in [4.78, 5) is 5.23. The monoisotopic (exact) mass is 294 g/mol. The topological polar surface area (TPSA) is 74.7 Å². The first-order chi connectivity index (χ1) is 9.60. The molecule has 0 fully saturated rings. The Morgan fingerprint density at radius 2 is 2.30 bits per heavy atom. The lowest BCUT2D eigenvalue weighted by atomic mass is 10.2. The first-order valence-electron chi connectivity index (χ1n) is 5.87. The zero-order chi connectivity index (χ0) is 14.5. The van der Waals surface area contributed by atoms with Gasteiger partial charge in [0, 0.05) is 23.8 Å². The van der Waals surface area contributed by atoms with Gasteiger partial charge in [-0.2, -0.15) is 5.10 Å². The molecular weight excluding hydrogens is 280 g/mol. The molecule has 0 bridgehead atoms. The third kappa shape index (κ3) is 3.42. The van der Waals surface area contributed by atoms with Crippen molar-refractivity contribution in [1.82, 2.24) is 9.78 Å². The number of ether oxygens (including phenoxy) is 1. The van der Waals surface area contributed by atoms with Crippen LogP contribution in [0, 0.1) is 0 Å². The highest BCUT2D eigenvalue weighted by Crippen LogP contribution is 2.23. The van der Waals surface area contributed by atoms with Crippen LogP contribution in [0.25, 0.3) is 0 Å². The van der Waals surface area contributed by atoms with Crippen LogP contribution in [0.2, 0.25) is 5.02 Å². The van der Waals surface area contributed by atoms with Gasteiger partial charge in [0.2, 0.25) is 0 Å². The van der Waals surface area contributed by atoms with Crippen molar-refractivity contribution in [2.24, 2.45) is 17.9 Å². The van der Waals surface area contributed by atoms with Gasteiger partial charge in [0.15, 0.2) is 5.84 Å². The quantitative estimate of drug-likeness (QED) is 0.519. The number of nitrogens with zero attached hydrogens (tertiary/aromatic N) is 3. The van der Waals surface area contributed by atoms with E-state index in [4.69, 9.17) is 26.9 Å². The maximum Gasteiger partial charge on any atom is 0.173 e. The van der Waals surface area contributed by atoms with Gasteiger partial charge in [-0.3, -0.25) is 4.68 Å². The highest BCUT2D eigenvalue weighted by atomic mass is 35.5. The largest absolute Gasteiger partial charge is 0.496 e. The number of aromatic nitrogens is 2. The number of aryl methyl sites for hydroxylation is 1. The number of methoxy groups -OCH3 is 1. The van der Waals surface area contributed by atoms with E-state index < -0.39 is 0 Å². The summed E-state index contributed by atoms with van der Waals surface area (Å²) < 4.78 is 6.85. The number of oxime groups is 1. The molecule has 1 aromatic carbocycles. The Bertz CT molecular complexity index is 625. The normalized spacial score (nSPS) is 11.4. The third-order valence-corrected chi connectivity index (χ3v) is 2.86. The highest BCUT2D eigenvalue weighted by molar-refractivity contribution is 6.30. The van der Waals surface area contributed by atoms with E-state index in [1.165, 1.54) is 0 Å². The number of hydrogen-bond acceptors (Lipinski definition) is 4. The lowest BCUT2D eigenvalue weighted by Crippen LogP contribution is -2.13. The second-order valence-electron chi connectivity index (χ2n) is 4.11. The van der Waals surface area contributed by atoms with Gasteiger partial charge in [-0.1, -0.05) is 16.8 Å². The van der Waals surface area contributed by atoms with Gasteiger partial charge in [-0.25, -0.2) is 0 Å². The van der Waals surface area contributed by atoms with E-state index >= 15 is 0 Å². The van der Waals surface area contributed by atoms with Gasteiger partial charge >= 0.3 is 0 Å². The summed E-state index contributed by atoms with van der Waals surface area (Å²) in [5.41, 5.74) is 7.28. The molecule has 0 saturated heterocycles. The second-order valence-corrected chi connectivity index (χ2v) is 4.55. The molecule has 0 aliphatic heterocycles. The minimum atomic E-state index is 0.213. The molecule has 0 atom stereocenters. The molecule has 2 aromatic rings. The Kier molecular flexibility index (Phi) is 4.47. The summed E-state index contributed by atoms with van der Waals surface area (Å²) >= 11 is 5.93. The van der Waals surface area contributed by atoms with Crippen LogP contribution in [0.3, 0.4) is 0 Å². The predicted octanol–water partition coefficient (Wildman–Crippen LogP) is 1.92. The molecule has 0 amide bonds. The van der Waals surface area contributed by atoms with Crippen LogP contribution in [0.1, 0.15) is 11.1 Å². The Balaban J connectivity index is 2.04. The van der Waals surface area contributed by atoms with E-state index in [9.17, 15) is 0 Å². The van der Waals surface area contributed by atoms with Crippen molar-refractivity contribution in [2.75, 3.05) is 7.11 Å². The average Bonchev–Trinajstić information content (AvgIpc) is 2.86. The van der Waals surface area contributed by atoms with Gasteiger partial charge in [0.25, 0.3) is 0 Å². The van der Waals surface area contributed by atoms with Crippen LogP contribution in [-0.2, 0) is 18.5 Å². The number of hydrogen-bond donors (Lipinski definition) is 1. The molecule has 106 valence electrons. The van der Waals surface area contributed by atoms with Crippen molar-refractivity contribution in [3.8, 4) is 5.75 Å². The van der Waals surface area contributed by atoms with Crippen LogP contribution in [0.15, 0.2) is 35.7 Å². The Morgan fingerprint density at radius 1 is 1.50 bits per heavy atom. The fourth-order valence-electron chi connectivity index (χ4n) is 1.64. The lowest BCUT2D eigenvalue weighted by molar-refractivity contribution is 0.128. The summed E-state index contributed by atoms with van der Waals surface area (Å²) in [7, 11) is 3.38. The molecule has 7 heteroatoms. The third-order valence-electron chi connectivity index (χ3n) is 2.63. The summed E-state index contributed by atoms with van der Waals surface area (Å²) in [5, 5.41) is 8.46. The Labute approximate surface area is 121 Å². The van der Waals surface area contributed by atoms with Gasteiger partial charge in [-0.15, -0.1) is 0 Å². The fraction of sp³-hybridized carbons (Fsp3) is 0.231. The van der Waals surface area contributed by atoms with Crippen LogP contribution in [0.5, 0.6) is 5.75 Å². The smallest absolute Gasteiger partial charge is 0.173 e. The molecule has 0 spiro atoms. The lowest BCUT2D eigenvalue weighted by Gasteiger charge is -2.07. The summed E-state index contributed by atoms with van der Waals surface area (Å²) in [6, 6.07) is 5.28. The molecule has 0 unspecified atom stereocenters. The van der Waals surface area contributed by atoms with Gasteiger partial charge in [0.05, 0.1) is 18.9 Å². The first kappa shape index (κ1) is 14.2. The van der Waals surface area contributed by atoms with E-state index in [1.54, 1.807) is 49.4 Å². The number of halogens is 1. The maximum absolute atomic E-state index is 5.93. The molecule has 2 rings (SSSR count). The maximum atomic E-state index is 5.93. The van der Waals surface area contributed by atoms with Crippen LogP contribution >= 0.6 is 11.6 Å². The molecule has 20 heavy (non-hydrogen) atoms. The SMILES string of the molecule is COc1ccc(Cl)cc1CO/N=C(\N)c1cnn(C)c1. The van der Waals surface area contributed by atoms with E-state index in [0.717, 1.165) is 5.56 Å². The minimum Gasteiger partial charge on any atom is -0.496 e. The van der Waals surface area contributed by atoms with Crippen molar-refractivity contribution in [3.05, 3.63) is 46.7 Å². The molecule has 1 aromatic heterocycles. The first-order valence-corrected chi connectivity index (χ1v) is 6.25. The van der Waals surface area contributed by atoms with E-state index in [1.807, 2.05) is 0 Å². The molecule has 1 heterocycles. The number of rotatable bonds is 5. The summed E-state index contributed by atoms with van der Waals surface area (Å²) in [5.74, 6) is 0.948. The zero-order valence-corrected chi connectivity index (χ0v) is 12.0. The van der Waals surface area contributed by atoms with Crippen molar-refractivity contribution < 1.29 is 9.57 Å². The van der Waals surface area contributed by atoms with Gasteiger partial charge in [-0.05, 0) is 18.2 Å². The van der Waals surface area contributed by atoms with Crippen molar-refractivity contribution in [2.45, 2.75) is 6.61 Å². The van der Waals surface area contributed by atoms with E-state index in [2.05, 4.69) is 10.3 Å². The molecule has 2 N–H and O–H groups in total. The van der Waals surface area contributed by atoms with Gasteiger partial charge < -0.3 is 15.3 Å². The van der Waals surface area contributed by atoms with E-state index in [0.29, 0.717) is 16.3 Å². The van der Waals surface area contributed by atoms with Crippen LogP contribution in [-0.4, -0.2) is 22.7 Å². The molecule has 0 aliphatic rings. The standard InChI is InChI=1S/C13H15ClN4O2/c1-18-7-10(6-16-18)13(15)17-20-8-9-5-11(14)3-4-12(9)19-2/h3-7H,8H2,1-2H3,(H2,15,17). The number of amidine groups is 1. The van der Waals surface area contributed by atoms with Crippen molar-refractivity contribution in [1.29, 1.82) is 0 Å². The molecule has 0 radical (unpaired) electrons. The highest BCUT2D eigenvalue weighted by Gasteiger charge is 2.05. The molecule has 0 saturated carbocycles. The predicted molar refractivity (Wildman–Crippen MR) is 76.7 cm³/mol. The zero-order valence-electron chi connectivity index (χ0n) is 11.2. The van der Waals surface area contributed by atoms with Crippen molar-refractivity contribution >= 4 is 17.4 Å². The minimum absolute atomic E-state index is 0.213. The molecule has 0 aliphatic carbocycles. The average molecular weight is 295 g/mol.